The lowest BCUT2D eigenvalue weighted by Crippen LogP contribution is -2.47. The molecule has 4 amide bonds. The third kappa shape index (κ3) is 3.77. The zero-order valence-electron chi connectivity index (χ0n) is 16.1. The lowest BCUT2D eigenvalue weighted by molar-refractivity contribution is -0.135. The van der Waals surface area contributed by atoms with Crippen LogP contribution in [0, 0.1) is 5.92 Å². The van der Waals surface area contributed by atoms with Crippen LogP contribution >= 0.6 is 0 Å². The number of ether oxygens (including phenoxy) is 1. The number of methoxy groups -OCH3 is 1. The molecule has 1 aromatic rings. The molecule has 0 radical (unpaired) electrons. The van der Waals surface area contributed by atoms with Gasteiger partial charge in [-0.1, -0.05) is 31.9 Å². The fraction of sp³-hybridized carbons (Fsp3) is 0.550. The summed E-state index contributed by atoms with van der Waals surface area (Å²) in [5.41, 5.74) is -0.549. The van der Waals surface area contributed by atoms with Crippen molar-refractivity contribution in [1.29, 1.82) is 0 Å². The van der Waals surface area contributed by atoms with Crippen molar-refractivity contribution in [3.63, 3.8) is 0 Å². The van der Waals surface area contributed by atoms with Crippen LogP contribution in [0.5, 0.6) is 5.75 Å². The maximum Gasteiger partial charge on any atom is 0.325 e. The minimum Gasteiger partial charge on any atom is -0.497 e. The molecule has 146 valence electrons. The second kappa shape index (κ2) is 7.58. The van der Waals surface area contributed by atoms with E-state index in [4.69, 9.17) is 4.74 Å². The molecule has 0 unspecified atom stereocenters. The fourth-order valence-electron chi connectivity index (χ4n) is 3.89. The van der Waals surface area contributed by atoms with Crippen molar-refractivity contribution in [1.82, 2.24) is 15.5 Å². The summed E-state index contributed by atoms with van der Waals surface area (Å²) in [6, 6.07) is 6.51. The van der Waals surface area contributed by atoms with Crippen LogP contribution in [0.25, 0.3) is 0 Å². The molecular weight excluding hydrogens is 346 g/mol. The predicted octanol–water partition coefficient (Wildman–Crippen LogP) is 2.16. The number of nitrogens with one attached hydrogen (secondary N) is 2. The first-order valence-corrected chi connectivity index (χ1v) is 9.43. The molecule has 1 aromatic carbocycles. The van der Waals surface area contributed by atoms with Gasteiger partial charge >= 0.3 is 6.03 Å². The van der Waals surface area contributed by atoms with Crippen LogP contribution in [0.1, 0.15) is 45.1 Å². The molecule has 1 heterocycles. The number of amides is 4. The van der Waals surface area contributed by atoms with Gasteiger partial charge < -0.3 is 15.4 Å². The number of urea groups is 1. The van der Waals surface area contributed by atoms with Crippen LogP contribution in [0.3, 0.4) is 0 Å². The van der Waals surface area contributed by atoms with E-state index in [2.05, 4.69) is 17.6 Å². The first kappa shape index (κ1) is 19.2. The molecule has 0 bridgehead atoms. The third-order valence-electron chi connectivity index (χ3n) is 5.70. The van der Waals surface area contributed by atoms with Gasteiger partial charge in [-0.3, -0.25) is 14.5 Å². The standard InChI is InChI=1S/C20H27N3O4/c1-13-6-4-5-7-16(13)21-17(24)12-23-18(25)20(2,22-19(23)26)14-8-10-15(27-3)11-9-14/h8-11,13,16H,4-7,12H2,1-3H3,(H,21,24)(H,22,26)/t13-,16+,20-/m0/s1. The summed E-state index contributed by atoms with van der Waals surface area (Å²) in [7, 11) is 1.56. The number of nitrogens with zero attached hydrogens (tertiary/aromatic N) is 1. The Morgan fingerprint density at radius 2 is 1.93 bits per heavy atom. The van der Waals surface area contributed by atoms with Crippen LogP contribution in [0.15, 0.2) is 24.3 Å². The molecule has 27 heavy (non-hydrogen) atoms. The van der Waals surface area contributed by atoms with Crippen molar-refractivity contribution < 1.29 is 19.1 Å². The molecule has 2 fully saturated rings. The SMILES string of the molecule is COc1ccc([C@]2(C)NC(=O)N(CC(=O)N[C@@H]3CCCC[C@@H]3C)C2=O)cc1. The minimum absolute atomic E-state index is 0.111. The summed E-state index contributed by atoms with van der Waals surface area (Å²) < 4.78 is 5.13. The molecule has 7 heteroatoms. The van der Waals surface area contributed by atoms with Crippen molar-refractivity contribution in [2.24, 2.45) is 5.92 Å². The Labute approximate surface area is 159 Å². The van der Waals surface area contributed by atoms with Crippen molar-refractivity contribution in [2.45, 2.75) is 51.1 Å². The van der Waals surface area contributed by atoms with Gasteiger partial charge in [-0.05, 0) is 43.4 Å². The van der Waals surface area contributed by atoms with E-state index in [0.717, 1.165) is 24.2 Å². The Balaban J connectivity index is 1.68. The van der Waals surface area contributed by atoms with Crippen LogP contribution < -0.4 is 15.4 Å². The summed E-state index contributed by atoms with van der Waals surface area (Å²) in [4.78, 5) is 38.7. The first-order valence-electron chi connectivity index (χ1n) is 9.43. The van der Waals surface area contributed by atoms with Gasteiger partial charge in [0, 0.05) is 6.04 Å². The van der Waals surface area contributed by atoms with Crippen molar-refractivity contribution in [3.8, 4) is 5.75 Å². The van der Waals surface area contributed by atoms with Gasteiger partial charge in [0.1, 0.15) is 17.8 Å². The van der Waals surface area contributed by atoms with Gasteiger partial charge in [-0.25, -0.2) is 4.79 Å². The molecule has 1 aliphatic heterocycles. The Morgan fingerprint density at radius 3 is 2.56 bits per heavy atom. The van der Waals surface area contributed by atoms with Crippen LogP contribution in [-0.4, -0.2) is 42.4 Å². The molecule has 1 saturated heterocycles. The Hall–Kier alpha value is -2.57. The zero-order valence-corrected chi connectivity index (χ0v) is 16.1. The Morgan fingerprint density at radius 1 is 1.26 bits per heavy atom. The smallest absolute Gasteiger partial charge is 0.325 e. The molecule has 1 aliphatic carbocycles. The number of hydrogen-bond acceptors (Lipinski definition) is 4. The molecular formula is C20H27N3O4. The van der Waals surface area contributed by atoms with Gasteiger partial charge in [-0.15, -0.1) is 0 Å². The molecule has 3 atom stereocenters. The van der Waals surface area contributed by atoms with Crippen molar-refractivity contribution in [2.75, 3.05) is 13.7 Å². The monoisotopic (exact) mass is 373 g/mol. The van der Waals surface area contributed by atoms with E-state index in [9.17, 15) is 14.4 Å². The quantitative estimate of drug-likeness (QED) is 0.774. The van der Waals surface area contributed by atoms with Gasteiger partial charge in [0.2, 0.25) is 5.91 Å². The van der Waals surface area contributed by atoms with Crippen LogP contribution in [0.2, 0.25) is 0 Å². The van der Waals surface area contributed by atoms with Gasteiger partial charge in [0.15, 0.2) is 0 Å². The predicted molar refractivity (Wildman–Crippen MR) is 100 cm³/mol. The number of carbonyl (C=O) groups is 3. The summed E-state index contributed by atoms with van der Waals surface area (Å²) in [5.74, 6) is 0.355. The van der Waals surface area contributed by atoms with E-state index in [0.29, 0.717) is 17.2 Å². The van der Waals surface area contributed by atoms with E-state index >= 15 is 0 Å². The second-order valence-corrected chi connectivity index (χ2v) is 7.61. The number of imide groups is 1. The molecule has 1 saturated carbocycles. The largest absolute Gasteiger partial charge is 0.497 e. The summed E-state index contributed by atoms with van der Waals surface area (Å²) in [6.45, 7) is 3.51. The summed E-state index contributed by atoms with van der Waals surface area (Å²) in [6.07, 6.45) is 4.30. The maximum absolute atomic E-state index is 12.9. The lowest BCUT2D eigenvalue weighted by atomic mass is 9.86. The number of benzene rings is 1. The van der Waals surface area contributed by atoms with E-state index in [1.807, 2.05) is 0 Å². The molecule has 7 nitrogen and oxygen atoms in total. The molecule has 0 spiro atoms. The highest BCUT2D eigenvalue weighted by Gasteiger charge is 2.49. The third-order valence-corrected chi connectivity index (χ3v) is 5.70. The number of carbonyl (C=O) groups excluding carboxylic acids is 3. The van der Waals surface area contributed by atoms with E-state index < -0.39 is 17.5 Å². The van der Waals surface area contributed by atoms with Crippen LogP contribution in [0.4, 0.5) is 4.79 Å². The summed E-state index contributed by atoms with van der Waals surface area (Å²) >= 11 is 0. The minimum atomic E-state index is -1.19. The number of rotatable bonds is 5. The average Bonchev–Trinajstić information content (AvgIpc) is 2.88. The van der Waals surface area contributed by atoms with Crippen molar-refractivity contribution in [3.05, 3.63) is 29.8 Å². The topological polar surface area (TPSA) is 87.7 Å². The highest BCUT2D eigenvalue weighted by molar-refractivity contribution is 6.09. The zero-order chi connectivity index (χ0) is 19.6. The van der Waals surface area contributed by atoms with Gasteiger partial charge in [0.25, 0.3) is 5.91 Å². The molecule has 0 aromatic heterocycles. The normalized spacial score (nSPS) is 28.0. The highest BCUT2D eigenvalue weighted by Crippen LogP contribution is 2.30. The van der Waals surface area contributed by atoms with E-state index in [1.54, 1.807) is 38.3 Å². The van der Waals surface area contributed by atoms with Crippen molar-refractivity contribution >= 4 is 17.8 Å². The van der Waals surface area contributed by atoms with E-state index in [-0.39, 0.29) is 18.5 Å². The molecule has 2 N–H and O–H groups in total. The molecule has 3 rings (SSSR count). The number of hydrogen-bond donors (Lipinski definition) is 2. The summed E-state index contributed by atoms with van der Waals surface area (Å²) in [5, 5.41) is 5.71. The Bertz CT molecular complexity index is 733. The maximum atomic E-state index is 12.9. The van der Waals surface area contributed by atoms with Crippen LogP contribution in [-0.2, 0) is 15.1 Å². The van der Waals surface area contributed by atoms with E-state index in [1.165, 1.54) is 6.42 Å². The van der Waals surface area contributed by atoms with Gasteiger partial charge in [0.05, 0.1) is 7.11 Å². The fourth-order valence-corrected chi connectivity index (χ4v) is 3.89. The second-order valence-electron chi connectivity index (χ2n) is 7.61. The Kier molecular flexibility index (Phi) is 5.39. The molecule has 2 aliphatic rings. The lowest BCUT2D eigenvalue weighted by Gasteiger charge is -2.30. The van der Waals surface area contributed by atoms with Gasteiger partial charge in [-0.2, -0.15) is 0 Å². The highest BCUT2D eigenvalue weighted by atomic mass is 16.5. The first-order chi connectivity index (χ1) is 12.8. The average molecular weight is 373 g/mol.